The van der Waals surface area contributed by atoms with Crippen LogP contribution in [-0.2, 0) is 17.7 Å². The van der Waals surface area contributed by atoms with Crippen molar-refractivity contribution in [3.05, 3.63) is 77.4 Å². The summed E-state index contributed by atoms with van der Waals surface area (Å²) in [6.07, 6.45) is 5.94. The molecule has 0 saturated carbocycles. The van der Waals surface area contributed by atoms with Crippen LogP contribution in [0.3, 0.4) is 0 Å². The van der Waals surface area contributed by atoms with Crippen molar-refractivity contribution < 1.29 is 4.74 Å². The van der Waals surface area contributed by atoms with Gasteiger partial charge in [0.15, 0.2) is 0 Å². The summed E-state index contributed by atoms with van der Waals surface area (Å²) in [7, 11) is 0. The third kappa shape index (κ3) is 6.12. The highest BCUT2D eigenvalue weighted by atomic mass is 16.5. The van der Waals surface area contributed by atoms with Crippen molar-refractivity contribution in [3.63, 3.8) is 0 Å². The number of rotatable bonds is 8. The van der Waals surface area contributed by atoms with Crippen LogP contribution in [0.25, 0.3) is 5.70 Å². The molecule has 4 rings (SSSR count). The molecular formula is C31H44N2O. The second kappa shape index (κ2) is 11.1. The van der Waals surface area contributed by atoms with Crippen molar-refractivity contribution in [2.45, 2.75) is 78.0 Å². The first kappa shape index (κ1) is 25.0. The number of aryl methyl sites for hydroxylation is 1. The minimum atomic E-state index is -0.0271. The second-order valence-electron chi connectivity index (χ2n) is 11.0. The molecule has 2 aliphatic rings. The molecule has 2 aromatic rings. The van der Waals surface area contributed by atoms with Crippen molar-refractivity contribution in [1.29, 1.82) is 0 Å². The lowest BCUT2D eigenvalue weighted by Crippen LogP contribution is -2.59. The molecule has 0 aliphatic carbocycles. The van der Waals surface area contributed by atoms with E-state index in [1.54, 1.807) is 0 Å². The summed E-state index contributed by atoms with van der Waals surface area (Å²) in [5, 5.41) is 0. The van der Waals surface area contributed by atoms with Crippen LogP contribution < -0.4 is 0 Å². The van der Waals surface area contributed by atoms with E-state index in [1.165, 1.54) is 28.7 Å². The summed E-state index contributed by atoms with van der Waals surface area (Å²) in [5.41, 5.74) is 6.64. The van der Waals surface area contributed by atoms with Crippen LogP contribution >= 0.6 is 0 Å². The monoisotopic (exact) mass is 460 g/mol. The van der Waals surface area contributed by atoms with Gasteiger partial charge in [0, 0.05) is 38.4 Å². The minimum Gasteiger partial charge on any atom is -0.371 e. The Morgan fingerprint density at radius 3 is 2.50 bits per heavy atom. The van der Waals surface area contributed by atoms with Crippen LogP contribution in [0.2, 0.25) is 0 Å². The lowest BCUT2D eigenvalue weighted by Gasteiger charge is -2.51. The third-order valence-electron chi connectivity index (χ3n) is 7.61. The number of hydrogen-bond donors (Lipinski definition) is 0. The van der Waals surface area contributed by atoms with E-state index in [1.807, 2.05) is 0 Å². The van der Waals surface area contributed by atoms with Crippen molar-refractivity contribution in [2.75, 3.05) is 26.2 Å². The van der Waals surface area contributed by atoms with E-state index in [0.29, 0.717) is 12.0 Å². The Kier molecular flexibility index (Phi) is 8.16. The van der Waals surface area contributed by atoms with Crippen LogP contribution in [0.15, 0.2) is 55.1 Å². The van der Waals surface area contributed by atoms with Gasteiger partial charge in [-0.25, -0.2) is 0 Å². The predicted octanol–water partition coefficient (Wildman–Crippen LogP) is 6.70. The summed E-state index contributed by atoms with van der Waals surface area (Å²) in [6.45, 7) is 18.7. The number of likely N-dealkylation sites (tertiary alicyclic amines) is 1. The van der Waals surface area contributed by atoms with Crippen LogP contribution in [0.4, 0.5) is 0 Å². The predicted molar refractivity (Wildman–Crippen MR) is 144 cm³/mol. The molecule has 184 valence electrons. The number of hydrogen-bond acceptors (Lipinski definition) is 3. The zero-order valence-corrected chi connectivity index (χ0v) is 21.9. The van der Waals surface area contributed by atoms with E-state index in [4.69, 9.17) is 4.74 Å². The van der Waals surface area contributed by atoms with Gasteiger partial charge in [0.2, 0.25) is 0 Å². The summed E-state index contributed by atoms with van der Waals surface area (Å²) in [4.78, 5) is 5.12. The van der Waals surface area contributed by atoms with Crippen molar-refractivity contribution >= 4 is 5.70 Å². The number of benzene rings is 2. The number of morpholine rings is 1. The van der Waals surface area contributed by atoms with Gasteiger partial charge in [-0.3, -0.25) is 4.90 Å². The van der Waals surface area contributed by atoms with Gasteiger partial charge in [0.25, 0.3) is 0 Å². The SMILES string of the molecule is C=C(c1ccc(CC(C)C)c(C)c1)N1CCC2(CC1)CN(Cc1ccccc1)CC(CCC)O2. The normalized spacial score (nSPS) is 20.7. The van der Waals surface area contributed by atoms with E-state index in [-0.39, 0.29) is 5.60 Å². The zero-order chi connectivity index (χ0) is 24.1. The fourth-order valence-electron chi connectivity index (χ4n) is 5.81. The van der Waals surface area contributed by atoms with E-state index >= 15 is 0 Å². The van der Waals surface area contributed by atoms with Crippen LogP contribution in [0.5, 0.6) is 0 Å². The van der Waals surface area contributed by atoms with Crippen molar-refractivity contribution in [1.82, 2.24) is 9.80 Å². The molecule has 0 bridgehead atoms. The van der Waals surface area contributed by atoms with Crippen LogP contribution in [0, 0.1) is 12.8 Å². The van der Waals surface area contributed by atoms with Gasteiger partial charge in [-0.1, -0.05) is 76.2 Å². The Labute approximate surface area is 207 Å². The summed E-state index contributed by atoms with van der Waals surface area (Å²) in [5.74, 6) is 0.680. The average Bonchev–Trinajstić information content (AvgIpc) is 2.81. The molecular weight excluding hydrogens is 416 g/mol. The van der Waals surface area contributed by atoms with Crippen LogP contribution in [0.1, 0.15) is 68.7 Å². The standard InChI is InChI=1S/C31H44N2O/c1-6-10-30-22-32(21-27-11-8-7-9-12-27)23-31(34-30)15-17-33(18-16-31)26(5)29-14-13-28(19-24(2)3)25(4)20-29/h7-9,11-14,20,24,30H,5-6,10,15-19,21-23H2,1-4H3. The second-order valence-corrected chi connectivity index (χ2v) is 11.0. The van der Waals surface area contributed by atoms with Gasteiger partial charge < -0.3 is 9.64 Å². The molecule has 3 nitrogen and oxygen atoms in total. The maximum absolute atomic E-state index is 6.83. The van der Waals surface area contributed by atoms with E-state index in [0.717, 1.165) is 64.1 Å². The molecule has 0 aromatic heterocycles. The maximum Gasteiger partial charge on any atom is 0.0846 e. The topological polar surface area (TPSA) is 15.7 Å². The summed E-state index contributed by atoms with van der Waals surface area (Å²) < 4.78 is 6.83. The zero-order valence-electron chi connectivity index (χ0n) is 21.9. The molecule has 2 aliphatic heterocycles. The smallest absolute Gasteiger partial charge is 0.0846 e. The first-order chi connectivity index (χ1) is 16.4. The minimum absolute atomic E-state index is 0.0271. The highest BCUT2D eigenvalue weighted by Gasteiger charge is 2.42. The highest BCUT2D eigenvalue weighted by molar-refractivity contribution is 5.63. The molecule has 0 amide bonds. The Morgan fingerprint density at radius 2 is 1.85 bits per heavy atom. The molecule has 1 spiro atoms. The van der Waals surface area contributed by atoms with Gasteiger partial charge >= 0.3 is 0 Å². The van der Waals surface area contributed by atoms with E-state index in [2.05, 4.69) is 92.6 Å². The molecule has 1 atom stereocenters. The molecule has 0 N–H and O–H groups in total. The number of ether oxygens (including phenoxy) is 1. The summed E-state index contributed by atoms with van der Waals surface area (Å²) in [6, 6.07) is 17.8. The van der Waals surface area contributed by atoms with E-state index in [9.17, 15) is 0 Å². The molecule has 34 heavy (non-hydrogen) atoms. The van der Waals surface area contributed by atoms with Crippen LogP contribution in [-0.4, -0.2) is 47.7 Å². The maximum atomic E-state index is 6.83. The van der Waals surface area contributed by atoms with Gasteiger partial charge in [-0.15, -0.1) is 0 Å². The Balaban J connectivity index is 1.41. The molecule has 1 unspecified atom stereocenters. The fraction of sp³-hybridized carbons (Fsp3) is 0.548. The van der Waals surface area contributed by atoms with E-state index < -0.39 is 0 Å². The lowest BCUT2D eigenvalue weighted by molar-refractivity contribution is -0.176. The average molecular weight is 461 g/mol. The largest absolute Gasteiger partial charge is 0.371 e. The Hall–Kier alpha value is -2.10. The first-order valence-corrected chi connectivity index (χ1v) is 13.4. The van der Waals surface area contributed by atoms with Gasteiger partial charge in [0.05, 0.1) is 11.7 Å². The highest BCUT2D eigenvalue weighted by Crippen LogP contribution is 2.36. The molecule has 0 radical (unpaired) electrons. The molecule has 2 heterocycles. The molecule has 2 fully saturated rings. The van der Waals surface area contributed by atoms with Gasteiger partial charge in [-0.05, 0) is 66.8 Å². The quantitative estimate of drug-likeness (QED) is 0.436. The summed E-state index contributed by atoms with van der Waals surface area (Å²) >= 11 is 0. The fourth-order valence-corrected chi connectivity index (χ4v) is 5.81. The van der Waals surface area contributed by atoms with Gasteiger partial charge in [-0.2, -0.15) is 0 Å². The lowest BCUT2D eigenvalue weighted by atomic mass is 9.87. The van der Waals surface area contributed by atoms with Crippen molar-refractivity contribution in [2.24, 2.45) is 5.92 Å². The number of piperidine rings is 1. The Morgan fingerprint density at radius 1 is 1.12 bits per heavy atom. The molecule has 2 aromatic carbocycles. The van der Waals surface area contributed by atoms with Gasteiger partial charge in [0.1, 0.15) is 0 Å². The molecule has 3 heteroatoms. The van der Waals surface area contributed by atoms with Crippen molar-refractivity contribution in [3.8, 4) is 0 Å². The molecule has 2 saturated heterocycles. The Bertz CT molecular complexity index is 943. The first-order valence-electron chi connectivity index (χ1n) is 13.4. The third-order valence-corrected chi connectivity index (χ3v) is 7.61. The number of nitrogens with zero attached hydrogens (tertiary/aromatic N) is 2.